The molecule has 1 aliphatic rings. The summed E-state index contributed by atoms with van der Waals surface area (Å²) in [5, 5.41) is 5.15. The van der Waals surface area contributed by atoms with Crippen molar-refractivity contribution in [1.29, 1.82) is 0 Å². The van der Waals surface area contributed by atoms with Crippen LogP contribution in [0.4, 0.5) is 0 Å². The van der Waals surface area contributed by atoms with Crippen molar-refractivity contribution >= 4 is 26.8 Å². The summed E-state index contributed by atoms with van der Waals surface area (Å²) in [5.41, 5.74) is 4.16. The number of rotatable bonds is 8. The van der Waals surface area contributed by atoms with Crippen LogP contribution >= 0.6 is 15.9 Å². The quantitative estimate of drug-likeness (QED) is 0.634. The first-order chi connectivity index (χ1) is 12.7. The van der Waals surface area contributed by atoms with E-state index in [-0.39, 0.29) is 0 Å². The molecule has 1 atom stereocenters. The number of aromatic nitrogens is 1. The molecule has 0 radical (unpaired) electrons. The normalized spacial score (nSPS) is 16.5. The Hall–Kier alpha value is -0.880. The lowest BCUT2D eigenvalue weighted by Gasteiger charge is -2.26. The Balaban J connectivity index is 0.00000117. The van der Waals surface area contributed by atoms with Crippen LogP contribution in [0, 0.1) is 0 Å². The largest absolute Gasteiger partial charge is 0.383 e. The lowest BCUT2D eigenvalue weighted by Crippen LogP contribution is -2.36. The summed E-state index contributed by atoms with van der Waals surface area (Å²) in [6.45, 7) is 11.2. The van der Waals surface area contributed by atoms with Crippen molar-refractivity contribution < 1.29 is 4.74 Å². The Morgan fingerprint density at radius 3 is 2.85 bits per heavy atom. The van der Waals surface area contributed by atoms with Crippen molar-refractivity contribution in [2.45, 2.75) is 46.1 Å². The summed E-state index contributed by atoms with van der Waals surface area (Å²) in [5.74, 6) is 0. The number of hydrogen-bond donors (Lipinski definition) is 2. The Morgan fingerprint density at radius 2 is 2.12 bits per heavy atom. The third kappa shape index (κ3) is 5.32. The van der Waals surface area contributed by atoms with E-state index in [1.807, 2.05) is 13.8 Å². The molecule has 0 spiro atoms. The molecule has 1 unspecified atom stereocenters. The molecule has 1 heterocycles. The van der Waals surface area contributed by atoms with E-state index < -0.39 is 0 Å². The maximum Gasteiger partial charge on any atom is 0.0589 e. The zero-order chi connectivity index (χ0) is 18.9. The molecule has 146 valence electrons. The number of fused-ring (bicyclic) bond motifs is 3. The van der Waals surface area contributed by atoms with Crippen molar-refractivity contribution in [2.24, 2.45) is 0 Å². The van der Waals surface area contributed by atoms with Crippen LogP contribution in [0.25, 0.3) is 10.9 Å². The number of aromatic amines is 1. The lowest BCUT2D eigenvalue weighted by molar-refractivity contribution is 0.150. The number of likely N-dealkylation sites (N-methyl/N-ethyl adjacent to an activating group) is 1. The number of nitrogens with zero attached hydrogens (tertiary/aromatic N) is 1. The van der Waals surface area contributed by atoms with Crippen molar-refractivity contribution in [3.05, 3.63) is 33.9 Å². The molecule has 0 bridgehead atoms. The minimum absolute atomic E-state index is 0.445. The predicted molar refractivity (Wildman–Crippen MR) is 115 cm³/mol. The Morgan fingerprint density at radius 1 is 1.31 bits per heavy atom. The minimum atomic E-state index is 0.445. The van der Waals surface area contributed by atoms with Crippen molar-refractivity contribution in [2.75, 3.05) is 39.9 Å². The van der Waals surface area contributed by atoms with Crippen LogP contribution in [-0.4, -0.2) is 49.8 Å². The smallest absolute Gasteiger partial charge is 0.0589 e. The fourth-order valence-corrected chi connectivity index (χ4v) is 4.05. The number of ether oxygens (including phenoxy) is 1. The molecule has 0 saturated carbocycles. The summed E-state index contributed by atoms with van der Waals surface area (Å²) in [6, 6.07) is 6.98. The van der Waals surface area contributed by atoms with Gasteiger partial charge >= 0.3 is 0 Å². The second kappa shape index (κ2) is 11.1. The Bertz CT molecular complexity index is 671. The first-order valence-electron chi connectivity index (χ1n) is 9.97. The van der Waals surface area contributed by atoms with Gasteiger partial charge in [-0.05, 0) is 49.6 Å². The van der Waals surface area contributed by atoms with Gasteiger partial charge in [-0.25, -0.2) is 0 Å². The molecule has 26 heavy (non-hydrogen) atoms. The number of nitrogens with one attached hydrogen (secondary N) is 2. The molecule has 3 rings (SSSR count). The Labute approximate surface area is 166 Å². The van der Waals surface area contributed by atoms with Gasteiger partial charge < -0.3 is 19.9 Å². The zero-order valence-corrected chi connectivity index (χ0v) is 18.3. The summed E-state index contributed by atoms with van der Waals surface area (Å²) >= 11 is 3.60. The monoisotopic (exact) mass is 423 g/mol. The second-order valence-corrected chi connectivity index (χ2v) is 7.45. The number of aryl methyl sites for hydroxylation is 1. The van der Waals surface area contributed by atoms with Gasteiger partial charge in [-0.2, -0.15) is 0 Å². The molecular weight excluding hydrogens is 390 g/mol. The number of halogens is 1. The zero-order valence-electron chi connectivity index (χ0n) is 16.7. The van der Waals surface area contributed by atoms with Gasteiger partial charge in [0.1, 0.15) is 0 Å². The van der Waals surface area contributed by atoms with Gasteiger partial charge in [0.2, 0.25) is 0 Å². The van der Waals surface area contributed by atoms with E-state index in [1.165, 1.54) is 41.4 Å². The molecular formula is C21H34BrN3O. The van der Waals surface area contributed by atoms with Gasteiger partial charge in [-0.1, -0.05) is 36.7 Å². The highest BCUT2D eigenvalue weighted by atomic mass is 79.9. The highest BCUT2D eigenvalue weighted by Crippen LogP contribution is 2.35. The van der Waals surface area contributed by atoms with E-state index in [0.717, 1.165) is 37.3 Å². The molecule has 0 amide bonds. The molecule has 2 N–H and O–H groups in total. The number of benzene rings is 1. The summed E-state index contributed by atoms with van der Waals surface area (Å²) in [7, 11) is 1.77. The van der Waals surface area contributed by atoms with Crippen LogP contribution in [0.3, 0.4) is 0 Å². The van der Waals surface area contributed by atoms with Crippen LogP contribution in [0.1, 0.15) is 50.9 Å². The standard InChI is InChI=1S/C19H28BrN3O.C2H6/c1-3-23(11-12-24-2)10-9-21-18-6-4-5-15-16-13-14(20)7-8-17(16)22-19(15)18;1-2/h7-8,13,18,21-22H,3-6,9-12H2,1-2H3;1-2H3. The van der Waals surface area contributed by atoms with E-state index in [1.54, 1.807) is 7.11 Å². The van der Waals surface area contributed by atoms with E-state index in [0.29, 0.717) is 6.04 Å². The average molecular weight is 424 g/mol. The third-order valence-corrected chi connectivity index (χ3v) is 5.54. The van der Waals surface area contributed by atoms with Gasteiger partial charge in [0.15, 0.2) is 0 Å². The first kappa shape index (κ1) is 21.4. The van der Waals surface area contributed by atoms with Gasteiger partial charge in [-0.15, -0.1) is 0 Å². The van der Waals surface area contributed by atoms with Crippen molar-refractivity contribution in [3.63, 3.8) is 0 Å². The van der Waals surface area contributed by atoms with Crippen LogP contribution in [0.15, 0.2) is 22.7 Å². The molecule has 0 aliphatic heterocycles. The summed E-state index contributed by atoms with van der Waals surface area (Å²) in [4.78, 5) is 6.10. The number of hydrogen-bond acceptors (Lipinski definition) is 3. The molecule has 4 nitrogen and oxygen atoms in total. The summed E-state index contributed by atoms with van der Waals surface area (Å²) in [6.07, 6.45) is 3.65. The van der Waals surface area contributed by atoms with Crippen LogP contribution in [-0.2, 0) is 11.2 Å². The average Bonchev–Trinajstić information content (AvgIpc) is 3.05. The van der Waals surface area contributed by atoms with Crippen LogP contribution < -0.4 is 5.32 Å². The molecule has 1 aliphatic carbocycles. The van der Waals surface area contributed by atoms with Gasteiger partial charge in [0, 0.05) is 53.9 Å². The van der Waals surface area contributed by atoms with E-state index in [2.05, 4.69) is 56.3 Å². The highest BCUT2D eigenvalue weighted by Gasteiger charge is 2.23. The van der Waals surface area contributed by atoms with Gasteiger partial charge in [0.05, 0.1) is 6.61 Å². The third-order valence-electron chi connectivity index (χ3n) is 5.05. The topological polar surface area (TPSA) is 40.3 Å². The maximum absolute atomic E-state index is 5.19. The fraction of sp³-hybridized carbons (Fsp3) is 0.619. The minimum Gasteiger partial charge on any atom is -0.383 e. The summed E-state index contributed by atoms with van der Waals surface area (Å²) < 4.78 is 6.35. The lowest BCUT2D eigenvalue weighted by atomic mass is 9.92. The molecule has 2 aromatic rings. The molecule has 1 aromatic heterocycles. The predicted octanol–water partition coefficient (Wildman–Crippen LogP) is 4.89. The van der Waals surface area contributed by atoms with E-state index in [9.17, 15) is 0 Å². The van der Waals surface area contributed by atoms with Gasteiger partial charge in [-0.3, -0.25) is 0 Å². The van der Waals surface area contributed by atoms with E-state index >= 15 is 0 Å². The van der Waals surface area contributed by atoms with Gasteiger partial charge in [0.25, 0.3) is 0 Å². The highest BCUT2D eigenvalue weighted by molar-refractivity contribution is 9.10. The van der Waals surface area contributed by atoms with Crippen LogP contribution in [0.5, 0.6) is 0 Å². The van der Waals surface area contributed by atoms with E-state index in [4.69, 9.17) is 4.74 Å². The Kier molecular flexibility index (Phi) is 9.12. The maximum atomic E-state index is 5.19. The van der Waals surface area contributed by atoms with Crippen molar-refractivity contribution in [1.82, 2.24) is 15.2 Å². The van der Waals surface area contributed by atoms with Crippen molar-refractivity contribution in [3.8, 4) is 0 Å². The molecule has 1 aromatic carbocycles. The molecule has 5 heteroatoms. The SMILES string of the molecule is CC.CCN(CCNC1CCCc2c1[nH]c1ccc(Br)cc21)CCOC. The molecule has 0 saturated heterocycles. The fourth-order valence-electron chi connectivity index (χ4n) is 3.68. The number of methoxy groups -OCH3 is 1. The van der Waals surface area contributed by atoms with Crippen LogP contribution in [0.2, 0.25) is 0 Å². The molecule has 0 fully saturated rings. The first-order valence-corrected chi connectivity index (χ1v) is 10.8. The second-order valence-electron chi connectivity index (χ2n) is 6.53. The number of H-pyrrole nitrogens is 1.